The summed E-state index contributed by atoms with van der Waals surface area (Å²) in [4.78, 5) is 0. The van der Waals surface area contributed by atoms with Gasteiger partial charge in [0, 0.05) is 11.3 Å². The highest BCUT2D eigenvalue weighted by atomic mass is 35.5. The molecule has 0 heterocycles. The molecule has 0 spiro atoms. The molecule has 1 rings (SSSR count). The van der Waals surface area contributed by atoms with Crippen molar-refractivity contribution < 1.29 is 0 Å². The largest absolute Gasteiger partial charge is 0.305 e. The Morgan fingerprint density at radius 1 is 0.676 bits per heavy atom. The summed E-state index contributed by atoms with van der Waals surface area (Å²) in [7, 11) is 0. The van der Waals surface area contributed by atoms with Gasteiger partial charge in [-0.25, -0.2) is 0 Å². The molecule has 0 amide bonds. The minimum Gasteiger partial charge on any atom is -0.305 e. The fraction of sp³-hybridized carbons (Fsp3) is 0.969. The van der Waals surface area contributed by atoms with Crippen LogP contribution in [0.5, 0.6) is 0 Å². The molecule has 0 aliphatic heterocycles. The predicted molar refractivity (Wildman–Crippen MR) is 167 cm³/mol. The van der Waals surface area contributed by atoms with Gasteiger partial charge in [-0.3, -0.25) is 0 Å². The van der Waals surface area contributed by atoms with E-state index in [9.17, 15) is 0 Å². The van der Waals surface area contributed by atoms with Crippen molar-refractivity contribution >= 4 is 17.3 Å². The Balaban J connectivity index is 0.000000701. The molecule has 1 saturated carbocycles. The van der Waals surface area contributed by atoms with Gasteiger partial charge in [0.25, 0.3) is 0 Å². The molecule has 1 aliphatic carbocycles. The highest BCUT2D eigenvalue weighted by Gasteiger charge is 2.10. The third kappa shape index (κ3) is 29.8. The molecule has 1 aliphatic rings. The van der Waals surface area contributed by atoms with Gasteiger partial charge in [0.05, 0.1) is 5.54 Å². The molecule has 0 saturated heterocycles. The lowest BCUT2D eigenvalue weighted by atomic mass is 10.00. The van der Waals surface area contributed by atoms with Gasteiger partial charge in [-0.05, 0) is 73.6 Å². The van der Waals surface area contributed by atoms with Crippen LogP contribution in [0.15, 0.2) is 15.3 Å². The molecule has 0 aromatic carbocycles. The average Bonchev–Trinajstić information content (AvgIpc) is 2.81. The molecular formula is C32H65ClN4. The molecule has 1 fully saturated rings. The number of hydrogen-bond donors (Lipinski definition) is 1. The minimum atomic E-state index is -0.135. The number of azo groups is 1. The number of unbranched alkanes of at least 4 members (excludes halogenated alkanes) is 8. The molecule has 0 bridgehead atoms. The number of rotatable bonds is 12. The number of alkyl halides is 1. The van der Waals surface area contributed by atoms with E-state index in [4.69, 9.17) is 11.6 Å². The van der Waals surface area contributed by atoms with Gasteiger partial charge in [-0.2, -0.15) is 15.3 Å². The Bertz CT molecular complexity index is 546. The molecule has 0 radical (unpaired) electrons. The summed E-state index contributed by atoms with van der Waals surface area (Å²) in [6.45, 7) is 14.9. The summed E-state index contributed by atoms with van der Waals surface area (Å²) in [5.74, 6) is 0. The van der Waals surface area contributed by atoms with Gasteiger partial charge in [-0.1, -0.05) is 121 Å². The van der Waals surface area contributed by atoms with Gasteiger partial charge in [0.2, 0.25) is 0 Å². The van der Waals surface area contributed by atoms with Crippen molar-refractivity contribution in [2.75, 3.05) is 0 Å². The number of nitrogens with one attached hydrogen (secondary N) is 1. The highest BCUT2D eigenvalue weighted by Crippen LogP contribution is 2.17. The third-order valence-electron chi connectivity index (χ3n) is 6.51. The Labute approximate surface area is 237 Å². The van der Waals surface area contributed by atoms with Crippen LogP contribution in [0.3, 0.4) is 0 Å². The summed E-state index contributed by atoms with van der Waals surface area (Å²) in [6.07, 6.45) is 28.0. The molecule has 0 aromatic rings. The van der Waals surface area contributed by atoms with E-state index >= 15 is 0 Å². The maximum atomic E-state index is 6.12. The second-order valence-electron chi connectivity index (χ2n) is 13.2. The van der Waals surface area contributed by atoms with Gasteiger partial charge in [-0.15, -0.1) is 0 Å². The molecule has 1 atom stereocenters. The van der Waals surface area contributed by atoms with Gasteiger partial charge < -0.3 is 5.43 Å². The summed E-state index contributed by atoms with van der Waals surface area (Å²) in [5, 5.41) is 13.0. The van der Waals surface area contributed by atoms with Crippen LogP contribution in [0, 0.1) is 0 Å². The Morgan fingerprint density at radius 3 is 1.54 bits per heavy atom. The van der Waals surface area contributed by atoms with Crippen molar-refractivity contribution in [2.24, 2.45) is 15.3 Å². The second-order valence-corrected chi connectivity index (χ2v) is 13.7. The smallest absolute Gasteiger partial charge is 0.144 e. The predicted octanol–water partition coefficient (Wildman–Crippen LogP) is 11.8. The lowest BCUT2D eigenvalue weighted by Crippen LogP contribution is -2.32. The third-order valence-corrected chi connectivity index (χ3v) is 6.81. The first-order chi connectivity index (χ1) is 17.5. The first-order valence-electron chi connectivity index (χ1n) is 15.9. The maximum absolute atomic E-state index is 6.12. The van der Waals surface area contributed by atoms with Crippen molar-refractivity contribution in [1.82, 2.24) is 5.43 Å². The molecule has 5 heteroatoms. The fourth-order valence-corrected chi connectivity index (χ4v) is 4.49. The molecule has 1 unspecified atom stereocenters. The van der Waals surface area contributed by atoms with Crippen molar-refractivity contribution in [1.29, 1.82) is 0 Å². The normalized spacial score (nSPS) is 17.4. The summed E-state index contributed by atoms with van der Waals surface area (Å²) >= 11 is 6.12. The minimum absolute atomic E-state index is 0.0939. The average molecular weight is 541 g/mol. The molecule has 37 heavy (non-hydrogen) atoms. The summed E-state index contributed by atoms with van der Waals surface area (Å²) in [5.41, 5.74) is 4.54. The number of nitrogens with zero attached hydrogens (tertiary/aromatic N) is 3. The van der Waals surface area contributed by atoms with Gasteiger partial charge >= 0.3 is 0 Å². The lowest BCUT2D eigenvalue weighted by Gasteiger charge is -2.19. The molecular weight excluding hydrogens is 476 g/mol. The Kier molecular flexibility index (Phi) is 22.9. The van der Waals surface area contributed by atoms with Crippen LogP contribution in [-0.2, 0) is 0 Å². The lowest BCUT2D eigenvalue weighted by molar-refractivity contribution is 0.438. The van der Waals surface area contributed by atoms with E-state index in [1.807, 2.05) is 20.8 Å². The summed E-state index contributed by atoms with van der Waals surface area (Å²) < 4.78 is 0. The number of halogens is 1. The van der Waals surface area contributed by atoms with E-state index in [2.05, 4.69) is 48.5 Å². The van der Waals surface area contributed by atoms with Crippen LogP contribution in [0.1, 0.15) is 183 Å². The first kappa shape index (κ1) is 36.4. The van der Waals surface area contributed by atoms with Crippen LogP contribution >= 0.6 is 11.6 Å². The van der Waals surface area contributed by atoms with E-state index < -0.39 is 0 Å². The maximum Gasteiger partial charge on any atom is 0.144 e. The van der Waals surface area contributed by atoms with Crippen molar-refractivity contribution in [3.8, 4) is 0 Å². The number of hydrazone groups is 1. The Hall–Kier alpha value is -0.640. The van der Waals surface area contributed by atoms with Crippen molar-refractivity contribution in [2.45, 2.75) is 200 Å². The van der Waals surface area contributed by atoms with Crippen LogP contribution in [-0.4, -0.2) is 22.3 Å². The SMILES string of the molecule is CC(C)(C)NN=C1CCCCCCCCCCC1.CCCCCCCCCCCC(Cl)N=NC(C)(C)C. The van der Waals surface area contributed by atoms with E-state index in [1.165, 1.54) is 134 Å². The topological polar surface area (TPSA) is 49.1 Å². The molecule has 1 N–H and O–H groups in total. The molecule has 4 nitrogen and oxygen atoms in total. The van der Waals surface area contributed by atoms with E-state index in [-0.39, 0.29) is 16.6 Å². The van der Waals surface area contributed by atoms with Crippen LogP contribution in [0.2, 0.25) is 0 Å². The van der Waals surface area contributed by atoms with Crippen LogP contribution in [0.4, 0.5) is 0 Å². The first-order valence-corrected chi connectivity index (χ1v) is 16.4. The van der Waals surface area contributed by atoms with E-state index in [0.717, 1.165) is 6.42 Å². The van der Waals surface area contributed by atoms with Crippen LogP contribution in [0.25, 0.3) is 0 Å². The molecule has 220 valence electrons. The van der Waals surface area contributed by atoms with Gasteiger partial charge in [0.15, 0.2) is 0 Å². The Morgan fingerprint density at radius 2 is 1.11 bits per heavy atom. The zero-order valence-electron chi connectivity index (χ0n) is 26.1. The molecule has 0 aromatic heterocycles. The van der Waals surface area contributed by atoms with Crippen LogP contribution < -0.4 is 5.43 Å². The standard InChI is InChI=1S/C16H33ClN2.C16H32N2/c1-5-6-7-8-9-10-11-12-13-14-15(17)18-19-16(2,3)4;1-16(2,3)18-17-15-13-11-9-7-5-4-6-8-10-12-14-15/h15H,5-14H2,1-4H3;18H,4-14H2,1-3H3. The number of hydrogen-bond acceptors (Lipinski definition) is 4. The highest BCUT2D eigenvalue weighted by molar-refractivity contribution is 6.20. The fourth-order valence-electron chi connectivity index (χ4n) is 4.30. The quantitative estimate of drug-likeness (QED) is 0.0863. The van der Waals surface area contributed by atoms with E-state index in [1.54, 1.807) is 0 Å². The zero-order chi connectivity index (χ0) is 27.8. The second kappa shape index (κ2) is 23.3. The zero-order valence-corrected chi connectivity index (χ0v) is 26.9. The van der Waals surface area contributed by atoms with Crippen molar-refractivity contribution in [3.05, 3.63) is 0 Å². The van der Waals surface area contributed by atoms with Crippen molar-refractivity contribution in [3.63, 3.8) is 0 Å². The summed E-state index contributed by atoms with van der Waals surface area (Å²) in [6, 6.07) is 0. The van der Waals surface area contributed by atoms with E-state index in [0.29, 0.717) is 0 Å². The monoisotopic (exact) mass is 540 g/mol. The van der Waals surface area contributed by atoms with Gasteiger partial charge in [0.1, 0.15) is 5.50 Å².